The molecule has 62 valence electrons. The molecule has 0 aliphatic heterocycles. The van der Waals surface area contributed by atoms with Crippen LogP contribution < -0.4 is 5.56 Å². The van der Waals surface area contributed by atoms with Crippen LogP contribution in [0.4, 0.5) is 0 Å². The molecular formula is C6H5ClN4O. The highest BCUT2D eigenvalue weighted by atomic mass is 35.5. The van der Waals surface area contributed by atoms with Gasteiger partial charge >= 0.3 is 0 Å². The van der Waals surface area contributed by atoms with Gasteiger partial charge in [0, 0.05) is 13.2 Å². The molecule has 0 atom stereocenters. The summed E-state index contributed by atoms with van der Waals surface area (Å²) >= 11 is 5.52. The van der Waals surface area contributed by atoms with Crippen LogP contribution in [0.5, 0.6) is 0 Å². The van der Waals surface area contributed by atoms with E-state index in [1.165, 1.54) is 4.68 Å². The topological polar surface area (TPSA) is 63.6 Å². The van der Waals surface area contributed by atoms with Crippen molar-refractivity contribution in [1.29, 1.82) is 0 Å². The zero-order valence-electron chi connectivity index (χ0n) is 6.21. The molecule has 0 amide bonds. The number of aromatic amines is 1. The van der Waals surface area contributed by atoms with Crippen LogP contribution in [-0.4, -0.2) is 19.7 Å². The molecular weight excluding hydrogens is 180 g/mol. The summed E-state index contributed by atoms with van der Waals surface area (Å²) in [6.45, 7) is 0. The Bertz CT molecular complexity index is 486. The maximum Gasteiger partial charge on any atom is 0.262 e. The van der Waals surface area contributed by atoms with Crippen LogP contribution in [0, 0.1) is 0 Å². The molecule has 0 aliphatic carbocycles. The van der Waals surface area contributed by atoms with E-state index in [4.69, 9.17) is 11.6 Å². The van der Waals surface area contributed by atoms with Crippen LogP contribution in [0.2, 0.25) is 5.28 Å². The van der Waals surface area contributed by atoms with Gasteiger partial charge in [-0.1, -0.05) is 0 Å². The van der Waals surface area contributed by atoms with Crippen LogP contribution in [0.3, 0.4) is 0 Å². The molecule has 2 aromatic rings. The fourth-order valence-corrected chi connectivity index (χ4v) is 1.17. The number of nitrogens with one attached hydrogen (secondary N) is 1. The molecule has 0 spiro atoms. The van der Waals surface area contributed by atoms with Crippen molar-refractivity contribution in [1.82, 2.24) is 19.7 Å². The first-order chi connectivity index (χ1) is 5.66. The minimum absolute atomic E-state index is 0.0613. The molecule has 0 aromatic carbocycles. The summed E-state index contributed by atoms with van der Waals surface area (Å²) in [5, 5.41) is 4.44. The number of nitrogens with zero attached hydrogens (tertiary/aromatic N) is 3. The lowest BCUT2D eigenvalue weighted by Gasteiger charge is -1.86. The van der Waals surface area contributed by atoms with Crippen molar-refractivity contribution in [2.75, 3.05) is 0 Å². The van der Waals surface area contributed by atoms with Crippen molar-refractivity contribution in [3.8, 4) is 0 Å². The van der Waals surface area contributed by atoms with Crippen LogP contribution in [0.15, 0.2) is 11.0 Å². The van der Waals surface area contributed by atoms with Gasteiger partial charge in [-0.15, -0.1) is 0 Å². The molecule has 5 nitrogen and oxygen atoms in total. The molecule has 1 N–H and O–H groups in total. The smallest absolute Gasteiger partial charge is 0.262 e. The number of hydrogen-bond donors (Lipinski definition) is 1. The molecule has 0 aliphatic rings. The molecule has 2 aromatic heterocycles. The minimum atomic E-state index is -0.266. The van der Waals surface area contributed by atoms with E-state index >= 15 is 0 Å². The average molecular weight is 185 g/mol. The third-order valence-electron chi connectivity index (χ3n) is 1.47. The second-order valence-electron chi connectivity index (χ2n) is 2.40. The molecule has 0 radical (unpaired) electrons. The van der Waals surface area contributed by atoms with E-state index in [1.54, 1.807) is 13.2 Å². The van der Waals surface area contributed by atoms with Gasteiger partial charge in [-0.3, -0.25) is 14.5 Å². The highest BCUT2D eigenvalue weighted by Gasteiger charge is 2.04. The SMILES string of the molecule is Cn1cc2c(=O)[nH]c(Cl)nc2n1. The molecule has 0 saturated heterocycles. The second kappa shape index (κ2) is 2.31. The highest BCUT2D eigenvalue weighted by molar-refractivity contribution is 6.28. The van der Waals surface area contributed by atoms with Gasteiger partial charge < -0.3 is 0 Å². The van der Waals surface area contributed by atoms with Crippen molar-refractivity contribution in [2.24, 2.45) is 7.05 Å². The number of H-pyrrole nitrogens is 1. The Balaban J connectivity index is 2.98. The van der Waals surface area contributed by atoms with E-state index in [-0.39, 0.29) is 10.8 Å². The summed E-state index contributed by atoms with van der Waals surface area (Å²) in [7, 11) is 1.72. The first kappa shape index (κ1) is 7.30. The lowest BCUT2D eigenvalue weighted by Crippen LogP contribution is -2.06. The summed E-state index contributed by atoms with van der Waals surface area (Å²) < 4.78 is 1.52. The monoisotopic (exact) mass is 184 g/mol. The van der Waals surface area contributed by atoms with Gasteiger partial charge in [-0.2, -0.15) is 10.1 Å². The highest BCUT2D eigenvalue weighted by Crippen LogP contribution is 2.04. The number of aryl methyl sites for hydroxylation is 1. The lowest BCUT2D eigenvalue weighted by atomic mass is 10.4. The van der Waals surface area contributed by atoms with Crippen LogP contribution in [0.25, 0.3) is 11.0 Å². The quantitative estimate of drug-likeness (QED) is 0.600. The van der Waals surface area contributed by atoms with Crippen molar-refractivity contribution < 1.29 is 0 Å². The first-order valence-electron chi connectivity index (χ1n) is 3.26. The van der Waals surface area contributed by atoms with E-state index in [1.807, 2.05) is 0 Å². The molecule has 12 heavy (non-hydrogen) atoms. The van der Waals surface area contributed by atoms with E-state index in [0.29, 0.717) is 11.0 Å². The Morgan fingerprint density at radius 3 is 3.17 bits per heavy atom. The van der Waals surface area contributed by atoms with Crippen LogP contribution >= 0.6 is 11.6 Å². The van der Waals surface area contributed by atoms with E-state index in [2.05, 4.69) is 15.1 Å². The van der Waals surface area contributed by atoms with Crippen molar-refractivity contribution in [3.05, 3.63) is 21.8 Å². The number of hydrogen-bond acceptors (Lipinski definition) is 3. The van der Waals surface area contributed by atoms with Crippen LogP contribution in [0.1, 0.15) is 0 Å². The van der Waals surface area contributed by atoms with Gasteiger partial charge in [0.05, 0.1) is 0 Å². The fraction of sp³-hybridized carbons (Fsp3) is 0.167. The zero-order valence-corrected chi connectivity index (χ0v) is 6.96. The third-order valence-corrected chi connectivity index (χ3v) is 1.65. The standard InChI is InChI=1S/C6H5ClN4O/c1-11-2-3-4(10-11)8-6(7)9-5(3)12/h2H,1H3,(H,8,9,10,12). The van der Waals surface area contributed by atoms with Gasteiger partial charge in [0.25, 0.3) is 5.56 Å². The Hall–Kier alpha value is -1.36. The molecule has 2 heterocycles. The third kappa shape index (κ3) is 0.984. The number of rotatable bonds is 0. The molecule has 0 fully saturated rings. The Kier molecular flexibility index (Phi) is 1.41. The summed E-state index contributed by atoms with van der Waals surface area (Å²) in [6, 6.07) is 0. The summed E-state index contributed by atoms with van der Waals surface area (Å²) in [5.74, 6) is 0. The summed E-state index contributed by atoms with van der Waals surface area (Å²) in [6.07, 6.45) is 1.59. The summed E-state index contributed by atoms with van der Waals surface area (Å²) in [4.78, 5) is 17.4. The molecule has 0 saturated carbocycles. The van der Waals surface area contributed by atoms with Gasteiger partial charge in [-0.25, -0.2) is 0 Å². The Morgan fingerprint density at radius 2 is 2.42 bits per heavy atom. The predicted octanol–water partition coefficient (Wildman–Crippen LogP) is 0.310. The van der Waals surface area contributed by atoms with Gasteiger partial charge in [-0.05, 0) is 11.6 Å². The van der Waals surface area contributed by atoms with E-state index in [9.17, 15) is 4.79 Å². The normalized spacial score (nSPS) is 10.8. The molecule has 2 rings (SSSR count). The van der Waals surface area contributed by atoms with Gasteiger partial charge in [0.1, 0.15) is 5.39 Å². The maximum atomic E-state index is 11.2. The summed E-state index contributed by atoms with van der Waals surface area (Å²) in [5.41, 5.74) is 0.101. The Morgan fingerprint density at radius 1 is 1.67 bits per heavy atom. The van der Waals surface area contributed by atoms with Gasteiger partial charge in [0.15, 0.2) is 5.65 Å². The maximum absolute atomic E-state index is 11.2. The Labute approximate surface area is 72.0 Å². The van der Waals surface area contributed by atoms with Gasteiger partial charge in [0.2, 0.25) is 5.28 Å². The van der Waals surface area contributed by atoms with E-state index < -0.39 is 0 Å². The van der Waals surface area contributed by atoms with Crippen molar-refractivity contribution in [3.63, 3.8) is 0 Å². The van der Waals surface area contributed by atoms with Crippen molar-refractivity contribution in [2.45, 2.75) is 0 Å². The average Bonchev–Trinajstić information content (AvgIpc) is 2.29. The zero-order chi connectivity index (χ0) is 8.72. The molecule has 0 bridgehead atoms. The first-order valence-corrected chi connectivity index (χ1v) is 3.64. The minimum Gasteiger partial charge on any atom is -0.296 e. The molecule has 6 heteroatoms. The number of halogens is 1. The van der Waals surface area contributed by atoms with E-state index in [0.717, 1.165) is 0 Å². The fourth-order valence-electron chi connectivity index (χ4n) is 1.00. The largest absolute Gasteiger partial charge is 0.296 e. The number of fused-ring (bicyclic) bond motifs is 1. The predicted molar refractivity (Wildman–Crippen MR) is 44.1 cm³/mol. The lowest BCUT2D eigenvalue weighted by molar-refractivity contribution is 0.775. The molecule has 0 unspecified atom stereocenters. The second-order valence-corrected chi connectivity index (χ2v) is 2.75. The number of aromatic nitrogens is 4. The van der Waals surface area contributed by atoms with Crippen molar-refractivity contribution >= 4 is 22.6 Å². The van der Waals surface area contributed by atoms with Crippen LogP contribution in [-0.2, 0) is 7.05 Å².